The van der Waals surface area contributed by atoms with E-state index in [-0.39, 0.29) is 24.3 Å². The number of carbonyl (C=O) groups is 3. The summed E-state index contributed by atoms with van der Waals surface area (Å²) in [4.78, 5) is 42.1. The van der Waals surface area contributed by atoms with E-state index in [1.54, 1.807) is 12.1 Å². The molecular formula is C26H32N4O3. The van der Waals surface area contributed by atoms with Gasteiger partial charge in [-0.25, -0.2) is 0 Å². The lowest BCUT2D eigenvalue weighted by Gasteiger charge is -2.36. The number of likely N-dealkylation sites (tertiary alicyclic amines) is 1. The molecule has 0 unspecified atom stereocenters. The minimum absolute atomic E-state index is 0.0980. The van der Waals surface area contributed by atoms with Gasteiger partial charge in [0.1, 0.15) is 0 Å². The Morgan fingerprint density at radius 3 is 2.30 bits per heavy atom. The highest BCUT2D eigenvalue weighted by molar-refractivity contribution is 6.01. The van der Waals surface area contributed by atoms with Crippen molar-refractivity contribution in [3.63, 3.8) is 0 Å². The molecule has 0 radical (unpaired) electrons. The molecule has 2 fully saturated rings. The molecule has 33 heavy (non-hydrogen) atoms. The van der Waals surface area contributed by atoms with E-state index in [1.807, 2.05) is 12.1 Å². The van der Waals surface area contributed by atoms with Crippen LogP contribution in [0.2, 0.25) is 0 Å². The highest BCUT2D eigenvalue weighted by Crippen LogP contribution is 2.18. The largest absolute Gasteiger partial charge is 0.369 e. The Morgan fingerprint density at radius 2 is 1.64 bits per heavy atom. The molecule has 7 nitrogen and oxygen atoms in total. The normalized spacial score (nSPS) is 17.0. The van der Waals surface area contributed by atoms with Gasteiger partial charge in [-0.3, -0.25) is 24.2 Å². The molecule has 1 N–H and O–H groups in total. The second-order valence-corrected chi connectivity index (χ2v) is 8.85. The lowest BCUT2D eigenvalue weighted by molar-refractivity contribution is -0.139. The zero-order valence-corrected chi connectivity index (χ0v) is 19.3. The zero-order valence-electron chi connectivity index (χ0n) is 19.3. The van der Waals surface area contributed by atoms with Crippen molar-refractivity contribution in [1.82, 2.24) is 15.1 Å². The lowest BCUT2D eigenvalue weighted by Crippen LogP contribution is -2.47. The Balaban J connectivity index is 1.15. The van der Waals surface area contributed by atoms with Gasteiger partial charge in [0.15, 0.2) is 0 Å². The number of nitrogens with zero attached hydrogens (tertiary/aromatic N) is 3. The van der Waals surface area contributed by atoms with Crippen LogP contribution in [0.4, 0.5) is 5.69 Å². The van der Waals surface area contributed by atoms with Crippen LogP contribution in [0.25, 0.3) is 0 Å². The van der Waals surface area contributed by atoms with Gasteiger partial charge in [0.05, 0.1) is 6.54 Å². The molecule has 0 aliphatic carbocycles. The molecule has 2 heterocycles. The first-order valence-corrected chi connectivity index (χ1v) is 11.7. The fourth-order valence-electron chi connectivity index (χ4n) is 4.40. The number of hydrogen-bond donors (Lipinski definition) is 1. The van der Waals surface area contributed by atoms with Gasteiger partial charge in [-0.2, -0.15) is 0 Å². The Labute approximate surface area is 195 Å². The van der Waals surface area contributed by atoms with Crippen molar-refractivity contribution in [1.29, 1.82) is 0 Å². The number of piperazine rings is 1. The van der Waals surface area contributed by atoms with Crippen LogP contribution in [0.15, 0.2) is 48.5 Å². The second kappa shape index (κ2) is 10.6. The van der Waals surface area contributed by atoms with Crippen LogP contribution in [0, 0.1) is 6.92 Å². The SMILES string of the molecule is Cc1cccc(N2CCN(CCCNC(=O)c3ccc(CN4C(=O)CCC4=O)cc3)CC2)c1. The first kappa shape index (κ1) is 23.0. The lowest BCUT2D eigenvalue weighted by atomic mass is 10.1. The number of anilines is 1. The van der Waals surface area contributed by atoms with Crippen molar-refractivity contribution in [2.75, 3.05) is 44.2 Å². The van der Waals surface area contributed by atoms with Crippen LogP contribution in [0.1, 0.15) is 40.7 Å². The zero-order chi connectivity index (χ0) is 23.2. The summed E-state index contributed by atoms with van der Waals surface area (Å²) < 4.78 is 0. The second-order valence-electron chi connectivity index (χ2n) is 8.85. The van der Waals surface area contributed by atoms with Crippen LogP contribution in [0.3, 0.4) is 0 Å². The first-order valence-electron chi connectivity index (χ1n) is 11.7. The van der Waals surface area contributed by atoms with E-state index in [0.29, 0.717) is 24.9 Å². The van der Waals surface area contributed by atoms with Crippen molar-refractivity contribution in [2.24, 2.45) is 0 Å². The van der Waals surface area contributed by atoms with Crippen molar-refractivity contribution < 1.29 is 14.4 Å². The minimum Gasteiger partial charge on any atom is -0.369 e. The Morgan fingerprint density at radius 1 is 0.939 bits per heavy atom. The number of carbonyl (C=O) groups excluding carboxylic acids is 3. The number of aryl methyl sites for hydroxylation is 1. The predicted octanol–water partition coefficient (Wildman–Crippen LogP) is 2.59. The molecule has 0 bridgehead atoms. The molecule has 7 heteroatoms. The van der Waals surface area contributed by atoms with Crippen LogP contribution in [-0.2, 0) is 16.1 Å². The van der Waals surface area contributed by atoms with Crippen molar-refractivity contribution in [3.8, 4) is 0 Å². The average Bonchev–Trinajstić information content (AvgIpc) is 3.14. The molecule has 4 rings (SSSR count). The van der Waals surface area contributed by atoms with E-state index in [0.717, 1.165) is 44.7 Å². The van der Waals surface area contributed by atoms with Crippen molar-refractivity contribution in [3.05, 3.63) is 65.2 Å². The van der Waals surface area contributed by atoms with Crippen LogP contribution >= 0.6 is 0 Å². The quantitative estimate of drug-likeness (QED) is 0.496. The summed E-state index contributed by atoms with van der Waals surface area (Å²) in [7, 11) is 0. The van der Waals surface area contributed by atoms with Crippen LogP contribution in [-0.4, -0.2) is 66.8 Å². The number of imide groups is 1. The Bertz CT molecular complexity index is 981. The van der Waals surface area contributed by atoms with Gasteiger partial charge in [0.2, 0.25) is 11.8 Å². The predicted molar refractivity (Wildman–Crippen MR) is 128 cm³/mol. The molecule has 2 aromatic carbocycles. The molecule has 0 spiro atoms. The molecule has 0 atom stereocenters. The van der Waals surface area contributed by atoms with Gasteiger partial charge in [-0.15, -0.1) is 0 Å². The summed E-state index contributed by atoms with van der Waals surface area (Å²) in [5, 5.41) is 2.99. The summed E-state index contributed by atoms with van der Waals surface area (Å²) in [6.45, 7) is 8.12. The molecule has 0 saturated carbocycles. The van der Waals surface area contributed by atoms with E-state index in [9.17, 15) is 14.4 Å². The van der Waals surface area contributed by atoms with E-state index >= 15 is 0 Å². The molecule has 2 aromatic rings. The number of hydrogen-bond acceptors (Lipinski definition) is 5. The van der Waals surface area contributed by atoms with E-state index in [1.165, 1.54) is 16.2 Å². The highest BCUT2D eigenvalue weighted by Gasteiger charge is 2.28. The molecule has 2 aliphatic heterocycles. The fraction of sp³-hybridized carbons (Fsp3) is 0.423. The van der Waals surface area contributed by atoms with E-state index < -0.39 is 0 Å². The van der Waals surface area contributed by atoms with Gasteiger partial charge < -0.3 is 10.2 Å². The maximum atomic E-state index is 12.4. The maximum Gasteiger partial charge on any atom is 0.251 e. The van der Waals surface area contributed by atoms with E-state index in [2.05, 4.69) is 46.3 Å². The van der Waals surface area contributed by atoms with E-state index in [4.69, 9.17) is 0 Å². The van der Waals surface area contributed by atoms with Crippen LogP contribution in [0.5, 0.6) is 0 Å². The summed E-state index contributed by atoms with van der Waals surface area (Å²) in [6, 6.07) is 15.8. The number of benzene rings is 2. The van der Waals surface area contributed by atoms with Gasteiger partial charge >= 0.3 is 0 Å². The Hall–Kier alpha value is -3.19. The number of amides is 3. The Kier molecular flexibility index (Phi) is 7.40. The smallest absolute Gasteiger partial charge is 0.251 e. The van der Waals surface area contributed by atoms with Gasteiger partial charge in [-0.1, -0.05) is 24.3 Å². The summed E-state index contributed by atoms with van der Waals surface area (Å²) >= 11 is 0. The summed E-state index contributed by atoms with van der Waals surface area (Å²) in [6.07, 6.45) is 1.50. The molecule has 2 saturated heterocycles. The molecule has 0 aromatic heterocycles. The van der Waals surface area contributed by atoms with Crippen LogP contribution < -0.4 is 10.2 Å². The topological polar surface area (TPSA) is 73.0 Å². The van der Waals surface area contributed by atoms with Crippen molar-refractivity contribution in [2.45, 2.75) is 32.7 Å². The molecule has 174 valence electrons. The highest BCUT2D eigenvalue weighted by atomic mass is 16.2. The molecule has 3 amide bonds. The molecular weight excluding hydrogens is 416 g/mol. The fourth-order valence-corrected chi connectivity index (χ4v) is 4.40. The third-order valence-corrected chi connectivity index (χ3v) is 6.39. The third kappa shape index (κ3) is 5.99. The first-order chi connectivity index (χ1) is 16.0. The average molecular weight is 449 g/mol. The summed E-state index contributed by atoms with van der Waals surface area (Å²) in [5.41, 5.74) is 4.02. The molecule has 2 aliphatic rings. The number of nitrogens with one attached hydrogen (secondary N) is 1. The third-order valence-electron chi connectivity index (χ3n) is 6.39. The van der Waals surface area contributed by atoms with Gasteiger partial charge in [0, 0.05) is 56.8 Å². The van der Waals surface area contributed by atoms with Gasteiger partial charge in [-0.05, 0) is 55.3 Å². The standard InChI is InChI=1S/C26H32N4O3/c1-20-4-2-5-23(18-20)29-16-14-28(15-17-29)13-3-12-27-26(33)22-8-6-21(7-9-22)19-30-24(31)10-11-25(30)32/h2,4-9,18H,3,10-17,19H2,1H3,(H,27,33). The number of rotatable bonds is 8. The maximum absolute atomic E-state index is 12.4. The van der Waals surface area contributed by atoms with Crippen molar-refractivity contribution >= 4 is 23.4 Å². The summed E-state index contributed by atoms with van der Waals surface area (Å²) in [5.74, 6) is -0.351. The minimum atomic E-state index is -0.126. The van der Waals surface area contributed by atoms with Gasteiger partial charge in [0.25, 0.3) is 5.91 Å². The monoisotopic (exact) mass is 448 g/mol.